The van der Waals surface area contributed by atoms with Crippen LogP contribution in [0.1, 0.15) is 55.7 Å². The summed E-state index contributed by atoms with van der Waals surface area (Å²) in [5, 5.41) is 15.7. The van der Waals surface area contributed by atoms with Crippen LogP contribution in [0.15, 0.2) is 6.20 Å². The molecule has 1 atom stereocenters. The van der Waals surface area contributed by atoms with Gasteiger partial charge in [-0.15, -0.1) is 0 Å². The first-order chi connectivity index (χ1) is 8.88. The molecule has 1 rings (SSSR count). The van der Waals surface area contributed by atoms with Gasteiger partial charge in [0.15, 0.2) is 0 Å². The number of nitrogens with one attached hydrogen (secondary N) is 1. The van der Waals surface area contributed by atoms with Crippen molar-refractivity contribution in [1.82, 2.24) is 15.1 Å². The molecule has 1 heterocycles. The van der Waals surface area contributed by atoms with Crippen LogP contribution in [0.4, 0.5) is 0 Å². The van der Waals surface area contributed by atoms with Gasteiger partial charge in [0.05, 0.1) is 11.8 Å². The summed E-state index contributed by atoms with van der Waals surface area (Å²) in [4.78, 5) is 23.1. The summed E-state index contributed by atoms with van der Waals surface area (Å²) in [7, 11) is 0. The van der Waals surface area contributed by atoms with Gasteiger partial charge in [0, 0.05) is 11.7 Å². The van der Waals surface area contributed by atoms with Gasteiger partial charge >= 0.3 is 5.97 Å². The first kappa shape index (κ1) is 15.2. The van der Waals surface area contributed by atoms with Gasteiger partial charge in [-0.25, -0.2) is 4.79 Å². The average molecular weight is 267 g/mol. The van der Waals surface area contributed by atoms with Crippen molar-refractivity contribution in [2.45, 2.75) is 52.6 Å². The minimum absolute atomic E-state index is 0.160. The number of carbonyl (C=O) groups excluding carboxylic acids is 1. The summed E-state index contributed by atoms with van der Waals surface area (Å²) >= 11 is 0. The lowest BCUT2D eigenvalue weighted by molar-refractivity contribution is -0.139. The number of carboxylic acid groups (broad SMARTS) is 1. The lowest BCUT2D eigenvalue weighted by Crippen LogP contribution is -2.40. The fraction of sp³-hybridized carbons (Fsp3) is 0.615. The average Bonchev–Trinajstić information content (AvgIpc) is 2.70. The normalized spacial score (nSPS) is 12.5. The van der Waals surface area contributed by atoms with Crippen LogP contribution in [0.2, 0.25) is 0 Å². The van der Waals surface area contributed by atoms with E-state index in [0.717, 1.165) is 5.69 Å². The summed E-state index contributed by atoms with van der Waals surface area (Å²) in [6, 6.07) is -0.688. The fourth-order valence-corrected chi connectivity index (χ4v) is 1.95. The minimum atomic E-state index is -1.01. The van der Waals surface area contributed by atoms with E-state index in [-0.39, 0.29) is 11.9 Å². The van der Waals surface area contributed by atoms with Gasteiger partial charge in [0.2, 0.25) is 0 Å². The van der Waals surface area contributed by atoms with Gasteiger partial charge in [-0.2, -0.15) is 5.10 Å². The summed E-state index contributed by atoms with van der Waals surface area (Å²) in [5.41, 5.74) is 1.17. The largest absolute Gasteiger partial charge is 0.480 e. The van der Waals surface area contributed by atoms with E-state index in [1.54, 1.807) is 11.6 Å². The van der Waals surface area contributed by atoms with Crippen LogP contribution in [-0.4, -0.2) is 32.8 Å². The Labute approximate surface area is 112 Å². The number of aromatic nitrogens is 2. The molecule has 6 nitrogen and oxygen atoms in total. The quantitative estimate of drug-likeness (QED) is 0.822. The van der Waals surface area contributed by atoms with Gasteiger partial charge in [-0.1, -0.05) is 13.3 Å². The van der Waals surface area contributed by atoms with E-state index in [0.29, 0.717) is 18.4 Å². The van der Waals surface area contributed by atoms with E-state index in [4.69, 9.17) is 5.11 Å². The summed E-state index contributed by atoms with van der Waals surface area (Å²) < 4.78 is 1.74. The van der Waals surface area contributed by atoms with Crippen LogP contribution < -0.4 is 5.32 Å². The van der Waals surface area contributed by atoms with Crippen molar-refractivity contribution in [3.05, 3.63) is 17.5 Å². The Morgan fingerprint density at radius 2 is 2.11 bits per heavy atom. The van der Waals surface area contributed by atoms with Crippen molar-refractivity contribution in [2.75, 3.05) is 0 Å². The molecule has 1 aromatic heterocycles. The Kier molecular flexibility index (Phi) is 5.09. The molecule has 0 saturated carbocycles. The topological polar surface area (TPSA) is 84.2 Å². The van der Waals surface area contributed by atoms with Crippen molar-refractivity contribution in [3.63, 3.8) is 0 Å². The molecule has 0 radical (unpaired) electrons. The smallest absolute Gasteiger partial charge is 0.326 e. The van der Waals surface area contributed by atoms with Crippen LogP contribution in [-0.2, 0) is 4.79 Å². The maximum Gasteiger partial charge on any atom is 0.326 e. The monoisotopic (exact) mass is 267 g/mol. The Hall–Kier alpha value is -1.85. The first-order valence-electron chi connectivity index (χ1n) is 6.46. The second-order valence-electron chi connectivity index (χ2n) is 4.83. The van der Waals surface area contributed by atoms with Crippen molar-refractivity contribution in [1.29, 1.82) is 0 Å². The fourth-order valence-electron chi connectivity index (χ4n) is 1.95. The number of rotatable bonds is 6. The van der Waals surface area contributed by atoms with Gasteiger partial charge in [0.1, 0.15) is 6.04 Å². The van der Waals surface area contributed by atoms with Crippen molar-refractivity contribution in [3.8, 4) is 0 Å². The van der Waals surface area contributed by atoms with E-state index < -0.39 is 12.0 Å². The van der Waals surface area contributed by atoms with Gasteiger partial charge in [-0.3, -0.25) is 9.48 Å². The van der Waals surface area contributed by atoms with Crippen LogP contribution in [0.5, 0.6) is 0 Å². The number of carbonyl (C=O) groups is 2. The van der Waals surface area contributed by atoms with E-state index in [9.17, 15) is 9.59 Å². The number of amides is 1. The number of carboxylic acids is 1. The highest BCUT2D eigenvalue weighted by molar-refractivity contribution is 5.97. The Balaban J connectivity index is 2.86. The van der Waals surface area contributed by atoms with Crippen molar-refractivity contribution < 1.29 is 14.7 Å². The zero-order valence-electron chi connectivity index (χ0n) is 11.8. The third-order valence-corrected chi connectivity index (χ3v) is 2.96. The molecule has 1 unspecified atom stereocenters. The lowest BCUT2D eigenvalue weighted by Gasteiger charge is -2.13. The molecule has 1 amide bonds. The van der Waals surface area contributed by atoms with Crippen molar-refractivity contribution >= 4 is 11.9 Å². The van der Waals surface area contributed by atoms with Gasteiger partial charge in [-0.05, 0) is 27.2 Å². The Morgan fingerprint density at radius 1 is 1.47 bits per heavy atom. The molecule has 0 aliphatic carbocycles. The number of aliphatic carboxylic acids is 1. The van der Waals surface area contributed by atoms with Gasteiger partial charge in [0.25, 0.3) is 5.91 Å². The van der Waals surface area contributed by atoms with E-state index in [1.807, 2.05) is 20.8 Å². The third-order valence-electron chi connectivity index (χ3n) is 2.96. The van der Waals surface area contributed by atoms with Crippen molar-refractivity contribution in [2.24, 2.45) is 0 Å². The molecule has 1 aromatic rings. The number of nitrogens with zero attached hydrogens (tertiary/aromatic N) is 2. The first-order valence-corrected chi connectivity index (χ1v) is 6.46. The molecule has 6 heteroatoms. The number of hydrogen-bond acceptors (Lipinski definition) is 3. The Bertz CT molecular complexity index is 466. The third kappa shape index (κ3) is 3.56. The SMILES string of the molecule is CCCC(NC(=O)c1cnn(C(C)C)c1C)C(=O)O. The molecule has 0 aliphatic heterocycles. The predicted molar refractivity (Wildman–Crippen MR) is 71.1 cm³/mol. The second kappa shape index (κ2) is 6.36. The standard InChI is InChI=1S/C13H21N3O3/c1-5-6-11(13(18)19)15-12(17)10-7-14-16(8(2)3)9(10)4/h7-8,11H,5-6H2,1-4H3,(H,15,17)(H,18,19). The molecule has 0 aromatic carbocycles. The van der Waals surface area contributed by atoms with Crippen LogP contribution >= 0.6 is 0 Å². The van der Waals surface area contributed by atoms with Crippen LogP contribution in [0.3, 0.4) is 0 Å². The molecule has 0 aliphatic rings. The highest BCUT2D eigenvalue weighted by Gasteiger charge is 2.22. The molecular weight excluding hydrogens is 246 g/mol. The second-order valence-corrected chi connectivity index (χ2v) is 4.83. The van der Waals surface area contributed by atoms with E-state index in [1.165, 1.54) is 6.20 Å². The van der Waals surface area contributed by atoms with Crippen LogP contribution in [0, 0.1) is 6.92 Å². The molecule has 19 heavy (non-hydrogen) atoms. The summed E-state index contributed by atoms with van der Waals surface area (Å²) in [6.45, 7) is 7.62. The molecule has 0 bridgehead atoms. The summed E-state index contributed by atoms with van der Waals surface area (Å²) in [5.74, 6) is -1.39. The predicted octanol–water partition coefficient (Wildman–Crippen LogP) is 1.76. The highest BCUT2D eigenvalue weighted by Crippen LogP contribution is 2.13. The Morgan fingerprint density at radius 3 is 2.53 bits per heavy atom. The molecule has 0 saturated heterocycles. The highest BCUT2D eigenvalue weighted by atomic mass is 16.4. The molecule has 2 N–H and O–H groups in total. The molecule has 106 valence electrons. The zero-order valence-corrected chi connectivity index (χ0v) is 11.8. The maximum atomic E-state index is 12.1. The van der Waals surface area contributed by atoms with E-state index >= 15 is 0 Å². The molecular formula is C13H21N3O3. The van der Waals surface area contributed by atoms with Crippen LogP contribution in [0.25, 0.3) is 0 Å². The molecule has 0 spiro atoms. The van der Waals surface area contributed by atoms with Gasteiger partial charge < -0.3 is 10.4 Å². The summed E-state index contributed by atoms with van der Waals surface area (Å²) in [6.07, 6.45) is 2.59. The lowest BCUT2D eigenvalue weighted by atomic mass is 10.1. The molecule has 0 fully saturated rings. The zero-order chi connectivity index (χ0) is 14.6. The maximum absolute atomic E-state index is 12.1. The minimum Gasteiger partial charge on any atom is -0.480 e. The number of hydrogen-bond donors (Lipinski definition) is 2. The van der Waals surface area contributed by atoms with E-state index in [2.05, 4.69) is 10.4 Å².